The summed E-state index contributed by atoms with van der Waals surface area (Å²) >= 11 is 0. The van der Waals surface area contributed by atoms with Crippen molar-refractivity contribution in [1.29, 1.82) is 0 Å². The van der Waals surface area contributed by atoms with Crippen molar-refractivity contribution in [1.82, 2.24) is 9.97 Å². The highest BCUT2D eigenvalue weighted by atomic mass is 16.5. The van der Waals surface area contributed by atoms with E-state index in [-0.39, 0.29) is 0 Å². The number of nitrogens with zero attached hydrogens (tertiary/aromatic N) is 2. The van der Waals surface area contributed by atoms with E-state index < -0.39 is 0 Å². The molecule has 102 valence electrons. The van der Waals surface area contributed by atoms with Crippen molar-refractivity contribution < 1.29 is 4.74 Å². The van der Waals surface area contributed by atoms with Crippen molar-refractivity contribution in [3.63, 3.8) is 0 Å². The number of rotatable bonds is 7. The van der Waals surface area contributed by atoms with Gasteiger partial charge in [0, 0.05) is 25.6 Å². The Labute approximate surface area is 113 Å². The van der Waals surface area contributed by atoms with Crippen molar-refractivity contribution >= 4 is 22.7 Å². The van der Waals surface area contributed by atoms with Crippen LogP contribution >= 0.6 is 0 Å². The van der Waals surface area contributed by atoms with Crippen LogP contribution in [-0.4, -0.2) is 30.2 Å². The molecule has 0 saturated carbocycles. The second-order valence-corrected chi connectivity index (χ2v) is 4.43. The maximum Gasteiger partial charge on any atom is 0.222 e. The van der Waals surface area contributed by atoms with Crippen LogP contribution in [0.2, 0.25) is 0 Å². The number of nitrogen functional groups attached to an aromatic ring is 1. The number of nitrogens with one attached hydrogen (secondary N) is 1. The summed E-state index contributed by atoms with van der Waals surface area (Å²) in [7, 11) is 1.73. The van der Waals surface area contributed by atoms with Crippen LogP contribution in [0.15, 0.2) is 24.3 Å². The minimum atomic E-state index is 0.306. The molecule has 0 fully saturated rings. The lowest BCUT2D eigenvalue weighted by atomic mass is 10.2. The van der Waals surface area contributed by atoms with Crippen molar-refractivity contribution in [3.05, 3.63) is 24.3 Å². The molecule has 0 saturated heterocycles. The van der Waals surface area contributed by atoms with Crippen molar-refractivity contribution in [3.8, 4) is 0 Å². The molecular weight excluding hydrogens is 240 g/mol. The number of unbranched alkanes of at least 4 members (excludes halogenated alkanes) is 2. The fourth-order valence-corrected chi connectivity index (χ4v) is 1.98. The van der Waals surface area contributed by atoms with Crippen LogP contribution in [0.5, 0.6) is 0 Å². The summed E-state index contributed by atoms with van der Waals surface area (Å²) in [6.45, 7) is 1.70. The van der Waals surface area contributed by atoms with E-state index in [0.717, 1.165) is 49.1 Å². The highest BCUT2D eigenvalue weighted by Gasteiger charge is 2.04. The lowest BCUT2D eigenvalue weighted by molar-refractivity contribution is 0.192. The number of anilines is 2. The number of methoxy groups -OCH3 is 1. The number of fused-ring (bicyclic) bond motifs is 1. The quantitative estimate of drug-likeness (QED) is 0.748. The van der Waals surface area contributed by atoms with E-state index in [0.29, 0.717) is 5.95 Å². The van der Waals surface area contributed by atoms with Gasteiger partial charge in [0.05, 0.1) is 5.52 Å². The van der Waals surface area contributed by atoms with Gasteiger partial charge in [-0.05, 0) is 31.4 Å². The van der Waals surface area contributed by atoms with Gasteiger partial charge in [-0.3, -0.25) is 0 Å². The number of nitrogens with two attached hydrogens (primary N) is 1. The highest BCUT2D eigenvalue weighted by molar-refractivity contribution is 5.89. The molecule has 1 aromatic heterocycles. The van der Waals surface area contributed by atoms with E-state index in [1.165, 1.54) is 0 Å². The minimum Gasteiger partial charge on any atom is -0.385 e. The first-order valence-electron chi connectivity index (χ1n) is 6.56. The summed E-state index contributed by atoms with van der Waals surface area (Å²) in [6, 6.07) is 7.87. The maximum absolute atomic E-state index is 5.72. The Morgan fingerprint density at radius 3 is 2.84 bits per heavy atom. The molecular formula is C14H20N4O. The third-order valence-electron chi connectivity index (χ3n) is 2.94. The largest absolute Gasteiger partial charge is 0.385 e. The molecule has 5 nitrogen and oxygen atoms in total. The highest BCUT2D eigenvalue weighted by Crippen LogP contribution is 2.20. The Hall–Kier alpha value is -1.88. The molecule has 0 bridgehead atoms. The van der Waals surface area contributed by atoms with E-state index in [2.05, 4.69) is 15.3 Å². The molecule has 3 N–H and O–H groups in total. The first-order chi connectivity index (χ1) is 9.31. The second kappa shape index (κ2) is 6.89. The molecule has 2 rings (SSSR count). The van der Waals surface area contributed by atoms with Crippen LogP contribution in [0.4, 0.5) is 11.8 Å². The predicted molar refractivity (Wildman–Crippen MR) is 78.2 cm³/mol. The average Bonchev–Trinajstić information content (AvgIpc) is 2.42. The third kappa shape index (κ3) is 3.79. The molecule has 19 heavy (non-hydrogen) atoms. The molecule has 0 aliphatic rings. The zero-order valence-corrected chi connectivity index (χ0v) is 11.2. The van der Waals surface area contributed by atoms with Gasteiger partial charge < -0.3 is 15.8 Å². The van der Waals surface area contributed by atoms with Crippen molar-refractivity contribution in [2.75, 3.05) is 31.3 Å². The number of hydrogen-bond donors (Lipinski definition) is 2. The Morgan fingerprint density at radius 2 is 2.00 bits per heavy atom. The summed E-state index contributed by atoms with van der Waals surface area (Å²) in [5, 5.41) is 4.34. The fraction of sp³-hybridized carbons (Fsp3) is 0.429. The Bertz CT molecular complexity index is 530. The standard InChI is InChI=1S/C14H20N4O/c1-19-10-6-2-5-9-16-13-11-7-3-4-8-12(11)17-14(15)18-13/h3-4,7-8H,2,5-6,9-10H2,1H3,(H3,15,16,17,18). The number of para-hydroxylation sites is 1. The zero-order chi connectivity index (χ0) is 13.5. The summed E-state index contributed by atoms with van der Waals surface area (Å²) in [6.07, 6.45) is 3.31. The van der Waals surface area contributed by atoms with Gasteiger partial charge in [0.25, 0.3) is 0 Å². The van der Waals surface area contributed by atoms with Gasteiger partial charge in [0.15, 0.2) is 0 Å². The second-order valence-electron chi connectivity index (χ2n) is 4.43. The van der Waals surface area contributed by atoms with Gasteiger partial charge in [-0.15, -0.1) is 0 Å². The number of aromatic nitrogens is 2. The number of benzene rings is 1. The molecule has 0 atom stereocenters. The molecule has 2 aromatic rings. The van der Waals surface area contributed by atoms with Crippen LogP contribution in [0.3, 0.4) is 0 Å². The van der Waals surface area contributed by atoms with Gasteiger partial charge in [-0.25, -0.2) is 4.98 Å². The first kappa shape index (κ1) is 13.5. The molecule has 0 radical (unpaired) electrons. The van der Waals surface area contributed by atoms with E-state index in [4.69, 9.17) is 10.5 Å². The smallest absolute Gasteiger partial charge is 0.222 e. The summed E-state index contributed by atoms with van der Waals surface area (Å²) in [4.78, 5) is 8.48. The van der Waals surface area contributed by atoms with Crippen LogP contribution < -0.4 is 11.1 Å². The normalized spacial score (nSPS) is 10.8. The molecule has 0 unspecified atom stereocenters. The number of hydrogen-bond acceptors (Lipinski definition) is 5. The summed E-state index contributed by atoms with van der Waals surface area (Å²) < 4.78 is 5.02. The Morgan fingerprint density at radius 1 is 1.16 bits per heavy atom. The molecule has 5 heteroatoms. The minimum absolute atomic E-state index is 0.306. The molecule has 0 aliphatic carbocycles. The molecule has 1 heterocycles. The van der Waals surface area contributed by atoms with Crippen molar-refractivity contribution in [2.45, 2.75) is 19.3 Å². The molecule has 0 spiro atoms. The van der Waals surface area contributed by atoms with Crippen LogP contribution in [-0.2, 0) is 4.74 Å². The maximum atomic E-state index is 5.72. The molecule has 0 amide bonds. The van der Waals surface area contributed by atoms with Gasteiger partial charge >= 0.3 is 0 Å². The van der Waals surface area contributed by atoms with E-state index >= 15 is 0 Å². The fourth-order valence-electron chi connectivity index (χ4n) is 1.98. The average molecular weight is 260 g/mol. The van der Waals surface area contributed by atoms with E-state index in [1.54, 1.807) is 7.11 Å². The van der Waals surface area contributed by atoms with Crippen LogP contribution in [0.25, 0.3) is 10.9 Å². The Balaban J connectivity index is 1.96. The third-order valence-corrected chi connectivity index (χ3v) is 2.94. The predicted octanol–water partition coefficient (Wildman–Crippen LogP) is 2.44. The van der Waals surface area contributed by atoms with Crippen LogP contribution in [0.1, 0.15) is 19.3 Å². The molecule has 0 aliphatic heterocycles. The summed E-state index contributed by atoms with van der Waals surface area (Å²) in [5.41, 5.74) is 6.59. The van der Waals surface area contributed by atoms with Gasteiger partial charge in [0.2, 0.25) is 5.95 Å². The monoisotopic (exact) mass is 260 g/mol. The van der Waals surface area contributed by atoms with E-state index in [1.807, 2.05) is 24.3 Å². The SMILES string of the molecule is COCCCCCNc1nc(N)nc2ccccc12. The molecule has 1 aromatic carbocycles. The lowest BCUT2D eigenvalue weighted by Crippen LogP contribution is -2.07. The van der Waals surface area contributed by atoms with Gasteiger partial charge in [-0.2, -0.15) is 4.98 Å². The summed E-state index contributed by atoms with van der Waals surface area (Å²) in [5.74, 6) is 1.12. The topological polar surface area (TPSA) is 73.1 Å². The Kier molecular flexibility index (Phi) is 4.92. The lowest BCUT2D eigenvalue weighted by Gasteiger charge is -2.09. The van der Waals surface area contributed by atoms with E-state index in [9.17, 15) is 0 Å². The number of ether oxygens (including phenoxy) is 1. The van der Waals surface area contributed by atoms with Crippen LogP contribution in [0, 0.1) is 0 Å². The van der Waals surface area contributed by atoms with Crippen molar-refractivity contribution in [2.24, 2.45) is 0 Å². The zero-order valence-electron chi connectivity index (χ0n) is 11.2. The van der Waals surface area contributed by atoms with Gasteiger partial charge in [0.1, 0.15) is 5.82 Å². The van der Waals surface area contributed by atoms with Gasteiger partial charge in [-0.1, -0.05) is 12.1 Å². The first-order valence-corrected chi connectivity index (χ1v) is 6.56.